The van der Waals surface area contributed by atoms with Crippen LogP contribution < -0.4 is 5.32 Å². The van der Waals surface area contributed by atoms with Crippen LogP contribution in [0, 0.1) is 5.92 Å². The molecule has 0 saturated carbocycles. The Morgan fingerprint density at radius 3 is 2.58 bits per heavy atom. The van der Waals surface area contributed by atoms with Crippen LogP contribution in [0.25, 0.3) is 0 Å². The summed E-state index contributed by atoms with van der Waals surface area (Å²) in [6, 6.07) is 10.3. The Kier molecular flexibility index (Phi) is 5.53. The molecule has 1 aromatic rings. The molecule has 1 aliphatic heterocycles. The Labute approximate surface area is 144 Å². The standard InChI is InChI=1S/C19H29FN2O2/c1-14-11-22(15(2)16-9-7-6-8-10-16)13-19(14,12-20)21-17(23)24-18(3,4)5/h6-10,14-15H,11-13H2,1-5H3,(H,21,23)/t14?,15-,19?/m1/s1. The summed E-state index contributed by atoms with van der Waals surface area (Å²) in [5.41, 5.74) is -0.303. The van der Waals surface area contributed by atoms with Gasteiger partial charge in [-0.25, -0.2) is 9.18 Å². The van der Waals surface area contributed by atoms with Crippen molar-refractivity contribution in [2.45, 2.75) is 51.8 Å². The van der Waals surface area contributed by atoms with Gasteiger partial charge in [0, 0.05) is 19.1 Å². The van der Waals surface area contributed by atoms with Crippen LogP contribution in [0.3, 0.4) is 0 Å². The van der Waals surface area contributed by atoms with E-state index in [1.54, 1.807) is 20.8 Å². The molecule has 3 atom stereocenters. The van der Waals surface area contributed by atoms with Gasteiger partial charge >= 0.3 is 6.09 Å². The van der Waals surface area contributed by atoms with Crippen molar-refractivity contribution in [3.05, 3.63) is 35.9 Å². The first-order valence-corrected chi connectivity index (χ1v) is 8.53. The van der Waals surface area contributed by atoms with Crippen LogP contribution in [0.1, 0.15) is 46.2 Å². The van der Waals surface area contributed by atoms with Crippen LogP contribution in [0.5, 0.6) is 0 Å². The largest absolute Gasteiger partial charge is 0.444 e. The number of nitrogens with zero attached hydrogens (tertiary/aromatic N) is 1. The number of alkyl halides is 1. The van der Waals surface area contributed by atoms with E-state index in [2.05, 4.69) is 29.3 Å². The summed E-state index contributed by atoms with van der Waals surface area (Å²) in [5, 5.41) is 2.81. The Hall–Kier alpha value is -1.62. The lowest BCUT2D eigenvalue weighted by molar-refractivity contribution is 0.0409. The van der Waals surface area contributed by atoms with E-state index in [0.29, 0.717) is 6.54 Å². The Morgan fingerprint density at radius 2 is 2.04 bits per heavy atom. The average molecular weight is 336 g/mol. The van der Waals surface area contributed by atoms with Gasteiger partial charge in [-0.3, -0.25) is 4.90 Å². The molecule has 24 heavy (non-hydrogen) atoms. The summed E-state index contributed by atoms with van der Waals surface area (Å²) < 4.78 is 19.3. The molecule has 1 aromatic carbocycles. The fraction of sp³-hybridized carbons (Fsp3) is 0.632. The quantitative estimate of drug-likeness (QED) is 0.906. The second-order valence-electron chi connectivity index (χ2n) is 7.83. The van der Waals surface area contributed by atoms with Gasteiger partial charge in [0.05, 0.1) is 5.54 Å². The predicted molar refractivity (Wildman–Crippen MR) is 93.7 cm³/mol. The van der Waals surface area contributed by atoms with Gasteiger partial charge in [0.1, 0.15) is 12.3 Å². The second-order valence-corrected chi connectivity index (χ2v) is 7.83. The van der Waals surface area contributed by atoms with Crippen LogP contribution in [0.4, 0.5) is 9.18 Å². The highest BCUT2D eigenvalue weighted by molar-refractivity contribution is 5.69. The Balaban J connectivity index is 2.10. The average Bonchev–Trinajstić information content (AvgIpc) is 2.82. The molecular formula is C19H29FN2O2. The molecule has 5 heteroatoms. The van der Waals surface area contributed by atoms with E-state index in [0.717, 1.165) is 6.54 Å². The van der Waals surface area contributed by atoms with E-state index < -0.39 is 23.9 Å². The fourth-order valence-electron chi connectivity index (χ4n) is 3.22. The third-order valence-electron chi connectivity index (χ3n) is 4.75. The number of carbonyl (C=O) groups excluding carboxylic acids is 1. The zero-order valence-corrected chi connectivity index (χ0v) is 15.3. The fourth-order valence-corrected chi connectivity index (χ4v) is 3.22. The van der Waals surface area contributed by atoms with E-state index in [-0.39, 0.29) is 12.0 Å². The lowest BCUT2D eigenvalue weighted by Crippen LogP contribution is -2.56. The smallest absolute Gasteiger partial charge is 0.408 e. The monoisotopic (exact) mass is 336 g/mol. The number of benzene rings is 1. The van der Waals surface area contributed by atoms with Gasteiger partial charge in [0.25, 0.3) is 0 Å². The molecule has 2 rings (SSSR count). The zero-order chi connectivity index (χ0) is 18.0. The number of amides is 1. The van der Waals surface area contributed by atoms with Crippen LogP contribution in [-0.4, -0.2) is 41.9 Å². The van der Waals surface area contributed by atoms with Gasteiger partial charge in [0.2, 0.25) is 0 Å². The van der Waals surface area contributed by atoms with E-state index in [4.69, 9.17) is 4.74 Å². The first-order valence-electron chi connectivity index (χ1n) is 8.53. The van der Waals surface area contributed by atoms with Crippen molar-refractivity contribution < 1.29 is 13.9 Å². The molecule has 1 amide bonds. The normalized spacial score (nSPS) is 26.2. The molecule has 1 saturated heterocycles. The van der Waals surface area contributed by atoms with E-state index in [9.17, 15) is 9.18 Å². The highest BCUT2D eigenvalue weighted by Gasteiger charge is 2.47. The molecule has 134 valence electrons. The van der Waals surface area contributed by atoms with Gasteiger partial charge in [0.15, 0.2) is 0 Å². The van der Waals surface area contributed by atoms with Crippen LogP contribution >= 0.6 is 0 Å². The summed E-state index contributed by atoms with van der Waals surface area (Å²) in [7, 11) is 0. The zero-order valence-electron chi connectivity index (χ0n) is 15.3. The summed E-state index contributed by atoms with van der Waals surface area (Å²) >= 11 is 0. The minimum absolute atomic E-state index is 0.00109. The van der Waals surface area contributed by atoms with E-state index >= 15 is 0 Å². The first kappa shape index (κ1) is 18.7. The van der Waals surface area contributed by atoms with Crippen LogP contribution in [0.15, 0.2) is 30.3 Å². The molecule has 1 fully saturated rings. The number of rotatable bonds is 4. The highest BCUT2D eigenvalue weighted by atomic mass is 19.1. The van der Waals surface area contributed by atoms with Crippen molar-refractivity contribution in [1.82, 2.24) is 10.2 Å². The predicted octanol–water partition coefficient (Wildman–Crippen LogP) is 3.93. The van der Waals surface area contributed by atoms with E-state index in [1.165, 1.54) is 5.56 Å². The maximum absolute atomic E-state index is 13.9. The van der Waals surface area contributed by atoms with Crippen molar-refractivity contribution in [2.24, 2.45) is 5.92 Å². The molecule has 0 aromatic heterocycles. The van der Waals surface area contributed by atoms with Crippen molar-refractivity contribution in [2.75, 3.05) is 19.8 Å². The number of carbonyl (C=O) groups is 1. The van der Waals surface area contributed by atoms with Gasteiger partial charge < -0.3 is 10.1 Å². The molecule has 4 nitrogen and oxygen atoms in total. The number of halogens is 1. The number of alkyl carbamates (subject to hydrolysis) is 1. The molecule has 1 aliphatic rings. The Morgan fingerprint density at radius 1 is 1.42 bits per heavy atom. The molecule has 2 unspecified atom stereocenters. The summed E-state index contributed by atoms with van der Waals surface area (Å²) in [5.74, 6) is 0.00109. The number of likely N-dealkylation sites (tertiary alicyclic amines) is 1. The number of hydrogen-bond acceptors (Lipinski definition) is 3. The van der Waals surface area contributed by atoms with Crippen molar-refractivity contribution in [3.8, 4) is 0 Å². The number of ether oxygens (including phenoxy) is 1. The van der Waals surface area contributed by atoms with Gasteiger partial charge in [-0.05, 0) is 39.2 Å². The molecule has 0 radical (unpaired) electrons. The summed E-state index contributed by atoms with van der Waals surface area (Å²) in [4.78, 5) is 14.4. The van der Waals surface area contributed by atoms with Gasteiger partial charge in [-0.15, -0.1) is 0 Å². The molecule has 0 spiro atoms. The SMILES string of the molecule is CC1CN([C@H](C)c2ccccc2)CC1(CF)NC(=O)OC(C)(C)C. The van der Waals surface area contributed by atoms with Gasteiger partial charge in [-0.2, -0.15) is 0 Å². The van der Waals surface area contributed by atoms with Crippen LogP contribution in [0.2, 0.25) is 0 Å². The highest BCUT2D eigenvalue weighted by Crippen LogP contribution is 2.34. The lowest BCUT2D eigenvalue weighted by Gasteiger charge is -2.33. The summed E-state index contributed by atoms with van der Waals surface area (Å²) in [6.45, 7) is 10.1. The number of nitrogens with one attached hydrogen (secondary N) is 1. The molecule has 1 N–H and O–H groups in total. The minimum atomic E-state index is -0.897. The topological polar surface area (TPSA) is 41.6 Å². The molecule has 0 bridgehead atoms. The second kappa shape index (κ2) is 7.09. The van der Waals surface area contributed by atoms with Gasteiger partial charge in [-0.1, -0.05) is 37.3 Å². The molecular weight excluding hydrogens is 307 g/mol. The van der Waals surface area contributed by atoms with Crippen molar-refractivity contribution in [3.63, 3.8) is 0 Å². The Bertz CT molecular complexity index is 558. The third kappa shape index (κ3) is 4.26. The molecule has 1 heterocycles. The van der Waals surface area contributed by atoms with Crippen LogP contribution in [-0.2, 0) is 4.74 Å². The minimum Gasteiger partial charge on any atom is -0.444 e. The third-order valence-corrected chi connectivity index (χ3v) is 4.75. The maximum atomic E-state index is 13.9. The van der Waals surface area contributed by atoms with Crippen molar-refractivity contribution >= 4 is 6.09 Å². The van der Waals surface area contributed by atoms with E-state index in [1.807, 2.05) is 25.1 Å². The maximum Gasteiger partial charge on any atom is 0.408 e. The van der Waals surface area contributed by atoms with Crippen molar-refractivity contribution in [1.29, 1.82) is 0 Å². The lowest BCUT2D eigenvalue weighted by atomic mass is 9.90. The first-order chi connectivity index (χ1) is 11.2. The number of hydrogen-bond donors (Lipinski definition) is 1. The summed E-state index contributed by atoms with van der Waals surface area (Å²) in [6.07, 6.45) is -0.554. The molecule has 0 aliphatic carbocycles.